The summed E-state index contributed by atoms with van der Waals surface area (Å²) in [5.74, 6) is 2.17. The molecule has 0 bridgehead atoms. The lowest BCUT2D eigenvalue weighted by Crippen LogP contribution is -2.39. The highest BCUT2D eigenvalue weighted by Gasteiger charge is 2.07. The van der Waals surface area contributed by atoms with Crippen LogP contribution < -0.4 is 15.4 Å². The molecule has 0 saturated carbocycles. The summed E-state index contributed by atoms with van der Waals surface area (Å²) in [6.45, 7) is 6.33. The van der Waals surface area contributed by atoms with Gasteiger partial charge in [0.2, 0.25) is 5.91 Å². The van der Waals surface area contributed by atoms with Crippen LogP contribution in [0.3, 0.4) is 0 Å². The molecule has 0 aromatic heterocycles. The molecule has 1 unspecified atom stereocenters. The van der Waals surface area contributed by atoms with Crippen LogP contribution in [0.2, 0.25) is 0 Å². The van der Waals surface area contributed by atoms with E-state index in [4.69, 9.17) is 4.74 Å². The average Bonchev–Trinajstić information content (AvgIpc) is 2.61. The predicted molar refractivity (Wildman–Crippen MR) is 103 cm³/mol. The summed E-state index contributed by atoms with van der Waals surface area (Å²) in [7, 11) is 5.21. The quantitative estimate of drug-likeness (QED) is 0.530. The average molecular weight is 348 g/mol. The minimum absolute atomic E-state index is 0.108. The third kappa shape index (κ3) is 7.92. The molecule has 0 aliphatic rings. The molecule has 6 nitrogen and oxygen atoms in total. The van der Waals surface area contributed by atoms with E-state index in [1.165, 1.54) is 5.56 Å². The fourth-order valence-corrected chi connectivity index (χ4v) is 2.32. The van der Waals surface area contributed by atoms with E-state index in [1.54, 1.807) is 26.1 Å². The van der Waals surface area contributed by atoms with Crippen LogP contribution in [0.4, 0.5) is 0 Å². The van der Waals surface area contributed by atoms with Crippen LogP contribution in [0.15, 0.2) is 29.3 Å². The van der Waals surface area contributed by atoms with Gasteiger partial charge in [0.25, 0.3) is 0 Å². The zero-order valence-electron chi connectivity index (χ0n) is 16.1. The molecular formula is C19H32N4O2. The van der Waals surface area contributed by atoms with Crippen LogP contribution in [0.1, 0.15) is 38.2 Å². The molecule has 0 spiro atoms. The predicted octanol–water partition coefficient (Wildman–Crippen LogP) is 2.22. The Morgan fingerprint density at radius 3 is 2.48 bits per heavy atom. The van der Waals surface area contributed by atoms with Crippen molar-refractivity contribution >= 4 is 11.9 Å². The fourth-order valence-electron chi connectivity index (χ4n) is 2.32. The number of carbonyl (C=O) groups excluding carboxylic acids is 1. The van der Waals surface area contributed by atoms with E-state index < -0.39 is 0 Å². The van der Waals surface area contributed by atoms with Gasteiger partial charge in [-0.15, -0.1) is 0 Å². The zero-order chi connectivity index (χ0) is 18.7. The number of nitrogens with one attached hydrogen (secondary N) is 2. The molecule has 1 aromatic rings. The summed E-state index contributed by atoms with van der Waals surface area (Å²) in [4.78, 5) is 17.8. The molecule has 2 N–H and O–H groups in total. The topological polar surface area (TPSA) is 66.0 Å². The number of ether oxygens (including phenoxy) is 1. The zero-order valence-corrected chi connectivity index (χ0v) is 16.1. The van der Waals surface area contributed by atoms with Gasteiger partial charge in [-0.1, -0.05) is 19.1 Å². The number of benzene rings is 1. The summed E-state index contributed by atoms with van der Waals surface area (Å²) in [6.07, 6.45) is 1.42. The Hall–Kier alpha value is -2.24. The van der Waals surface area contributed by atoms with Crippen LogP contribution >= 0.6 is 0 Å². The van der Waals surface area contributed by atoms with Crippen molar-refractivity contribution in [3.63, 3.8) is 0 Å². The van der Waals surface area contributed by atoms with Gasteiger partial charge in [-0.25, -0.2) is 0 Å². The molecule has 0 aliphatic carbocycles. The first-order valence-electron chi connectivity index (χ1n) is 8.84. The molecule has 0 aliphatic heterocycles. The normalized spacial score (nSPS) is 12.4. The van der Waals surface area contributed by atoms with E-state index in [0.717, 1.165) is 31.2 Å². The van der Waals surface area contributed by atoms with Gasteiger partial charge < -0.3 is 20.3 Å². The highest BCUT2D eigenvalue weighted by Crippen LogP contribution is 2.21. The smallest absolute Gasteiger partial charge is 0.223 e. The maximum Gasteiger partial charge on any atom is 0.223 e. The van der Waals surface area contributed by atoms with Crippen molar-refractivity contribution in [2.75, 3.05) is 40.8 Å². The van der Waals surface area contributed by atoms with Gasteiger partial charge in [0, 0.05) is 40.2 Å². The van der Waals surface area contributed by atoms with E-state index in [-0.39, 0.29) is 5.91 Å². The minimum atomic E-state index is 0.108. The van der Waals surface area contributed by atoms with E-state index in [2.05, 4.69) is 34.7 Å². The van der Waals surface area contributed by atoms with Crippen molar-refractivity contribution in [2.24, 2.45) is 4.99 Å². The molecule has 0 heterocycles. The summed E-state index contributed by atoms with van der Waals surface area (Å²) >= 11 is 0. The van der Waals surface area contributed by atoms with Crippen molar-refractivity contribution in [3.05, 3.63) is 29.8 Å². The maximum absolute atomic E-state index is 11.6. The van der Waals surface area contributed by atoms with Crippen molar-refractivity contribution in [1.82, 2.24) is 15.5 Å². The Kier molecular flexibility index (Phi) is 9.43. The molecule has 6 heteroatoms. The summed E-state index contributed by atoms with van der Waals surface area (Å²) in [6, 6.07) is 8.18. The lowest BCUT2D eigenvalue weighted by Gasteiger charge is -2.14. The Labute approximate surface area is 151 Å². The number of hydrogen-bond acceptors (Lipinski definition) is 3. The van der Waals surface area contributed by atoms with Gasteiger partial charge in [0.15, 0.2) is 5.96 Å². The first kappa shape index (κ1) is 20.8. The Morgan fingerprint density at radius 2 is 1.92 bits per heavy atom. The van der Waals surface area contributed by atoms with Crippen molar-refractivity contribution < 1.29 is 9.53 Å². The van der Waals surface area contributed by atoms with E-state index in [1.807, 2.05) is 19.1 Å². The van der Waals surface area contributed by atoms with E-state index in [0.29, 0.717) is 18.9 Å². The molecule has 25 heavy (non-hydrogen) atoms. The summed E-state index contributed by atoms with van der Waals surface area (Å²) < 4.78 is 5.19. The van der Waals surface area contributed by atoms with Crippen molar-refractivity contribution in [2.45, 2.75) is 32.6 Å². The van der Waals surface area contributed by atoms with E-state index in [9.17, 15) is 4.79 Å². The molecule has 1 aromatic carbocycles. The molecule has 1 rings (SSSR count). The van der Waals surface area contributed by atoms with Gasteiger partial charge in [-0.2, -0.15) is 0 Å². The minimum Gasteiger partial charge on any atom is -0.497 e. The summed E-state index contributed by atoms with van der Waals surface area (Å²) in [5.41, 5.74) is 1.28. The largest absolute Gasteiger partial charge is 0.497 e. The van der Waals surface area contributed by atoms with Gasteiger partial charge in [0.1, 0.15) is 5.75 Å². The highest BCUT2D eigenvalue weighted by atomic mass is 16.5. The van der Waals surface area contributed by atoms with Gasteiger partial charge in [-0.3, -0.25) is 9.79 Å². The number of guanidine groups is 1. The molecule has 0 saturated heterocycles. The number of hydrogen-bond donors (Lipinski definition) is 2. The fraction of sp³-hybridized carbons (Fsp3) is 0.579. The number of rotatable bonds is 9. The van der Waals surface area contributed by atoms with E-state index >= 15 is 0 Å². The Balaban J connectivity index is 2.46. The second kappa shape index (κ2) is 11.3. The highest BCUT2D eigenvalue weighted by molar-refractivity contribution is 5.81. The first-order chi connectivity index (χ1) is 12.0. The van der Waals surface area contributed by atoms with Crippen LogP contribution in [-0.2, 0) is 4.79 Å². The van der Waals surface area contributed by atoms with Crippen LogP contribution in [0, 0.1) is 0 Å². The summed E-state index contributed by atoms with van der Waals surface area (Å²) in [5, 5.41) is 6.42. The molecule has 1 amide bonds. The van der Waals surface area contributed by atoms with Gasteiger partial charge in [0.05, 0.1) is 7.11 Å². The molecule has 0 fully saturated rings. The number of methoxy groups -OCH3 is 1. The third-order valence-corrected chi connectivity index (χ3v) is 3.99. The standard InChI is InChI=1S/C19H32N4O2/c1-6-20-19(22-14-12-18(24)23(3)4)21-13-11-15(2)16-7-9-17(25-5)10-8-16/h7-10,15H,6,11-14H2,1-5H3,(H2,20,21,22). The molecule has 1 atom stereocenters. The maximum atomic E-state index is 11.6. The second-order valence-electron chi connectivity index (χ2n) is 6.19. The lowest BCUT2D eigenvalue weighted by atomic mass is 9.98. The van der Waals surface area contributed by atoms with Gasteiger partial charge >= 0.3 is 0 Å². The lowest BCUT2D eigenvalue weighted by molar-refractivity contribution is -0.128. The van der Waals surface area contributed by atoms with Crippen molar-refractivity contribution in [1.29, 1.82) is 0 Å². The monoisotopic (exact) mass is 348 g/mol. The van der Waals surface area contributed by atoms with Crippen LogP contribution in [0.25, 0.3) is 0 Å². The SMILES string of the molecule is CCNC(=NCCC(C)c1ccc(OC)cc1)NCCC(=O)N(C)C. The molecular weight excluding hydrogens is 316 g/mol. The molecule has 0 radical (unpaired) electrons. The van der Waals surface area contributed by atoms with Crippen LogP contribution in [-0.4, -0.2) is 57.6 Å². The number of nitrogens with zero attached hydrogens (tertiary/aromatic N) is 2. The third-order valence-electron chi connectivity index (χ3n) is 3.99. The van der Waals surface area contributed by atoms with Crippen LogP contribution in [0.5, 0.6) is 5.75 Å². The number of aliphatic imine (C=N–C) groups is 1. The Morgan fingerprint density at radius 1 is 1.24 bits per heavy atom. The number of amides is 1. The number of carbonyl (C=O) groups is 1. The first-order valence-corrected chi connectivity index (χ1v) is 8.84. The Bertz CT molecular complexity index is 541. The van der Waals surface area contributed by atoms with Crippen molar-refractivity contribution in [3.8, 4) is 5.75 Å². The van der Waals surface area contributed by atoms with Gasteiger partial charge in [-0.05, 0) is 37.0 Å². The molecule has 140 valence electrons. The second-order valence-corrected chi connectivity index (χ2v) is 6.19.